The van der Waals surface area contributed by atoms with Gasteiger partial charge in [0.25, 0.3) is 5.91 Å². The SMILES string of the molecule is Cn1cnc2c1CN(C(=O)c1ccc(Cl)cc1Cl)CC2. The Morgan fingerprint density at radius 3 is 2.90 bits per heavy atom. The van der Waals surface area contributed by atoms with Crippen LogP contribution in [0.5, 0.6) is 0 Å². The first-order chi connectivity index (χ1) is 9.56. The van der Waals surface area contributed by atoms with Crippen molar-refractivity contribution in [1.82, 2.24) is 14.5 Å². The van der Waals surface area contributed by atoms with Crippen LogP contribution in [0.3, 0.4) is 0 Å². The van der Waals surface area contributed by atoms with Crippen molar-refractivity contribution in [3.63, 3.8) is 0 Å². The second-order valence-electron chi connectivity index (χ2n) is 4.85. The lowest BCUT2D eigenvalue weighted by Gasteiger charge is -2.27. The van der Waals surface area contributed by atoms with Crippen molar-refractivity contribution in [1.29, 1.82) is 0 Å². The number of aromatic nitrogens is 2. The Hall–Kier alpha value is -1.52. The molecule has 0 N–H and O–H groups in total. The molecule has 1 amide bonds. The van der Waals surface area contributed by atoms with E-state index in [9.17, 15) is 4.79 Å². The molecule has 2 heterocycles. The number of amides is 1. The number of nitrogens with zero attached hydrogens (tertiary/aromatic N) is 3. The fraction of sp³-hybridized carbons (Fsp3) is 0.286. The summed E-state index contributed by atoms with van der Waals surface area (Å²) in [6, 6.07) is 4.95. The third-order valence-electron chi connectivity index (χ3n) is 3.55. The molecule has 4 nitrogen and oxygen atoms in total. The maximum atomic E-state index is 12.5. The van der Waals surface area contributed by atoms with Gasteiger partial charge in [-0.2, -0.15) is 0 Å². The van der Waals surface area contributed by atoms with Gasteiger partial charge in [0, 0.05) is 25.0 Å². The van der Waals surface area contributed by atoms with Crippen molar-refractivity contribution in [3.8, 4) is 0 Å². The van der Waals surface area contributed by atoms with Crippen molar-refractivity contribution >= 4 is 29.1 Å². The quantitative estimate of drug-likeness (QED) is 0.812. The smallest absolute Gasteiger partial charge is 0.255 e. The summed E-state index contributed by atoms with van der Waals surface area (Å²) in [5.74, 6) is -0.0708. The Kier molecular flexibility index (Phi) is 3.44. The molecule has 0 radical (unpaired) electrons. The molecule has 0 aliphatic carbocycles. The molecule has 0 fully saturated rings. The first-order valence-electron chi connectivity index (χ1n) is 6.29. The van der Waals surface area contributed by atoms with Crippen LogP contribution in [0.1, 0.15) is 21.7 Å². The summed E-state index contributed by atoms with van der Waals surface area (Å²) in [6.45, 7) is 1.21. The molecular formula is C14H13Cl2N3O. The lowest BCUT2D eigenvalue weighted by atomic mass is 10.1. The maximum absolute atomic E-state index is 12.5. The zero-order valence-corrected chi connectivity index (χ0v) is 12.4. The van der Waals surface area contributed by atoms with E-state index in [1.54, 1.807) is 29.4 Å². The van der Waals surface area contributed by atoms with Gasteiger partial charge in [0.15, 0.2) is 0 Å². The first-order valence-corrected chi connectivity index (χ1v) is 7.05. The van der Waals surface area contributed by atoms with E-state index in [0.717, 1.165) is 17.8 Å². The molecular weight excluding hydrogens is 297 g/mol. The van der Waals surface area contributed by atoms with Crippen LogP contribution in [-0.4, -0.2) is 26.9 Å². The lowest BCUT2D eigenvalue weighted by Crippen LogP contribution is -2.36. The molecule has 0 saturated heterocycles. The summed E-state index contributed by atoms with van der Waals surface area (Å²) in [5.41, 5.74) is 2.63. The van der Waals surface area contributed by atoms with Gasteiger partial charge in [-0.3, -0.25) is 4.79 Å². The van der Waals surface area contributed by atoms with E-state index < -0.39 is 0 Å². The Morgan fingerprint density at radius 2 is 2.15 bits per heavy atom. The number of hydrogen-bond acceptors (Lipinski definition) is 2. The van der Waals surface area contributed by atoms with Crippen LogP contribution in [0.15, 0.2) is 24.5 Å². The van der Waals surface area contributed by atoms with Crippen molar-refractivity contribution in [2.75, 3.05) is 6.54 Å². The number of imidazole rings is 1. The van der Waals surface area contributed by atoms with Gasteiger partial charge in [0.1, 0.15) is 0 Å². The maximum Gasteiger partial charge on any atom is 0.255 e. The van der Waals surface area contributed by atoms with Gasteiger partial charge in [-0.25, -0.2) is 4.98 Å². The number of hydrogen-bond donors (Lipinski definition) is 0. The Labute approximate surface area is 126 Å². The summed E-state index contributed by atoms with van der Waals surface area (Å²) in [5, 5.41) is 0.914. The van der Waals surface area contributed by atoms with Crippen LogP contribution in [0.4, 0.5) is 0 Å². The van der Waals surface area contributed by atoms with Crippen molar-refractivity contribution < 1.29 is 4.79 Å². The van der Waals surface area contributed by atoms with E-state index in [0.29, 0.717) is 28.7 Å². The number of benzene rings is 1. The topological polar surface area (TPSA) is 38.1 Å². The van der Waals surface area contributed by atoms with Crippen LogP contribution in [0.2, 0.25) is 10.0 Å². The highest BCUT2D eigenvalue weighted by atomic mass is 35.5. The summed E-state index contributed by atoms with van der Waals surface area (Å²) in [4.78, 5) is 18.7. The van der Waals surface area contributed by atoms with Crippen molar-refractivity contribution in [3.05, 3.63) is 51.5 Å². The van der Waals surface area contributed by atoms with E-state index in [-0.39, 0.29) is 5.91 Å². The molecule has 20 heavy (non-hydrogen) atoms. The highest BCUT2D eigenvalue weighted by molar-refractivity contribution is 6.36. The molecule has 0 bridgehead atoms. The Bertz CT molecular complexity index is 681. The van der Waals surface area contributed by atoms with E-state index in [1.807, 2.05) is 11.6 Å². The van der Waals surface area contributed by atoms with Crippen LogP contribution < -0.4 is 0 Å². The predicted molar refractivity (Wildman–Crippen MR) is 78.1 cm³/mol. The van der Waals surface area contributed by atoms with Gasteiger partial charge in [-0.1, -0.05) is 23.2 Å². The monoisotopic (exact) mass is 309 g/mol. The third-order valence-corrected chi connectivity index (χ3v) is 4.10. The molecule has 0 atom stereocenters. The standard InChI is InChI=1S/C14H13Cl2N3O/c1-18-8-17-12-4-5-19(7-13(12)18)14(20)10-3-2-9(15)6-11(10)16/h2-3,6,8H,4-5,7H2,1H3. The van der Waals surface area contributed by atoms with Crippen LogP contribution in [-0.2, 0) is 20.0 Å². The number of halogens is 2. The average molecular weight is 310 g/mol. The molecule has 1 aliphatic rings. The van der Waals surface area contributed by atoms with E-state index in [1.165, 1.54) is 0 Å². The molecule has 1 aromatic carbocycles. The highest BCUT2D eigenvalue weighted by Gasteiger charge is 2.25. The van der Waals surface area contributed by atoms with Gasteiger partial charge >= 0.3 is 0 Å². The molecule has 1 aromatic heterocycles. The number of carbonyl (C=O) groups is 1. The van der Waals surface area contributed by atoms with E-state index in [4.69, 9.17) is 23.2 Å². The predicted octanol–water partition coefficient (Wildman–Crippen LogP) is 2.93. The number of aryl methyl sites for hydroxylation is 1. The largest absolute Gasteiger partial charge is 0.336 e. The molecule has 1 aliphatic heterocycles. The Balaban J connectivity index is 1.87. The fourth-order valence-corrected chi connectivity index (χ4v) is 2.91. The van der Waals surface area contributed by atoms with E-state index in [2.05, 4.69) is 4.98 Å². The second kappa shape index (κ2) is 5.11. The molecule has 2 aromatic rings. The lowest BCUT2D eigenvalue weighted by molar-refractivity contribution is 0.0730. The van der Waals surface area contributed by atoms with Gasteiger partial charge in [0.2, 0.25) is 0 Å². The number of carbonyl (C=O) groups excluding carboxylic acids is 1. The second-order valence-corrected chi connectivity index (χ2v) is 5.69. The summed E-state index contributed by atoms with van der Waals surface area (Å²) in [6.07, 6.45) is 2.56. The molecule has 6 heteroatoms. The Morgan fingerprint density at radius 1 is 1.35 bits per heavy atom. The fourth-order valence-electron chi connectivity index (χ4n) is 2.42. The van der Waals surface area contributed by atoms with Crippen molar-refractivity contribution in [2.24, 2.45) is 7.05 Å². The zero-order chi connectivity index (χ0) is 14.3. The van der Waals surface area contributed by atoms with Crippen LogP contribution in [0, 0.1) is 0 Å². The minimum absolute atomic E-state index is 0.0708. The summed E-state index contributed by atoms with van der Waals surface area (Å²) in [7, 11) is 1.94. The van der Waals surface area contributed by atoms with Gasteiger partial charge < -0.3 is 9.47 Å². The molecule has 3 rings (SSSR count). The van der Waals surface area contributed by atoms with Gasteiger partial charge in [-0.05, 0) is 18.2 Å². The highest BCUT2D eigenvalue weighted by Crippen LogP contribution is 2.25. The van der Waals surface area contributed by atoms with Gasteiger partial charge in [0.05, 0.1) is 34.8 Å². The minimum atomic E-state index is -0.0708. The van der Waals surface area contributed by atoms with Crippen molar-refractivity contribution in [2.45, 2.75) is 13.0 Å². The van der Waals surface area contributed by atoms with Crippen LogP contribution in [0.25, 0.3) is 0 Å². The molecule has 0 saturated carbocycles. The van der Waals surface area contributed by atoms with Crippen LogP contribution >= 0.6 is 23.2 Å². The third kappa shape index (κ3) is 2.30. The average Bonchev–Trinajstić information content (AvgIpc) is 2.79. The molecule has 0 unspecified atom stereocenters. The number of rotatable bonds is 1. The summed E-state index contributed by atoms with van der Waals surface area (Å²) < 4.78 is 1.96. The zero-order valence-electron chi connectivity index (χ0n) is 10.9. The number of fused-ring (bicyclic) bond motifs is 1. The normalized spacial score (nSPS) is 14.2. The van der Waals surface area contributed by atoms with E-state index >= 15 is 0 Å². The minimum Gasteiger partial charge on any atom is -0.336 e. The molecule has 104 valence electrons. The first kappa shape index (κ1) is 13.5. The van der Waals surface area contributed by atoms with Gasteiger partial charge in [-0.15, -0.1) is 0 Å². The summed E-state index contributed by atoms with van der Waals surface area (Å²) >= 11 is 12.0. The molecule has 0 spiro atoms.